The Labute approximate surface area is 181 Å². The first-order valence-electron chi connectivity index (χ1n) is 10.0. The van der Waals surface area contributed by atoms with Crippen LogP contribution in [0.2, 0.25) is 0 Å². The topological polar surface area (TPSA) is 88.1 Å². The minimum absolute atomic E-state index is 0.111. The summed E-state index contributed by atoms with van der Waals surface area (Å²) < 4.78 is 10.9. The third-order valence-corrected chi connectivity index (χ3v) is 4.97. The minimum Gasteiger partial charge on any atom is -0.496 e. The SMILES string of the molecule is COc1cc(C(=O)C=Cc2ccc(C=CC(=O)NO)cc2)ccc1CN1CCOCC1. The summed E-state index contributed by atoms with van der Waals surface area (Å²) in [6.07, 6.45) is 6.07. The number of hydroxylamine groups is 1. The number of nitrogens with one attached hydrogen (secondary N) is 1. The molecule has 1 aliphatic rings. The van der Waals surface area contributed by atoms with Crippen LogP contribution in [-0.2, 0) is 16.1 Å². The Morgan fingerprint density at radius 2 is 1.71 bits per heavy atom. The van der Waals surface area contributed by atoms with Gasteiger partial charge in [-0.2, -0.15) is 0 Å². The maximum absolute atomic E-state index is 12.6. The number of hydrogen-bond acceptors (Lipinski definition) is 6. The summed E-state index contributed by atoms with van der Waals surface area (Å²) in [5.41, 5.74) is 4.80. The van der Waals surface area contributed by atoms with Crippen LogP contribution in [0.25, 0.3) is 12.2 Å². The average molecular weight is 422 g/mol. The standard InChI is InChI=1S/C24H26N2O5/c1-30-23-16-20(8-9-21(23)17-26-12-14-31-15-13-26)22(27)10-6-18-2-4-19(5-3-18)7-11-24(28)25-29/h2-11,16,29H,12-15,17H2,1H3,(H,25,28). The lowest BCUT2D eigenvalue weighted by Gasteiger charge is -2.27. The number of ether oxygens (including phenoxy) is 2. The van der Waals surface area contributed by atoms with Gasteiger partial charge in [0.25, 0.3) is 5.91 Å². The van der Waals surface area contributed by atoms with Gasteiger partial charge >= 0.3 is 0 Å². The third-order valence-electron chi connectivity index (χ3n) is 4.97. The molecule has 0 aliphatic carbocycles. The minimum atomic E-state index is -0.596. The molecule has 0 bridgehead atoms. The van der Waals surface area contributed by atoms with Crippen molar-refractivity contribution in [1.82, 2.24) is 10.4 Å². The Bertz CT molecular complexity index is 960. The number of amides is 1. The van der Waals surface area contributed by atoms with Crippen LogP contribution < -0.4 is 10.2 Å². The van der Waals surface area contributed by atoms with Crippen LogP contribution in [0.1, 0.15) is 27.0 Å². The van der Waals surface area contributed by atoms with Gasteiger partial charge in [-0.25, -0.2) is 5.48 Å². The van der Waals surface area contributed by atoms with Crippen LogP contribution >= 0.6 is 0 Å². The predicted octanol–water partition coefficient (Wildman–Crippen LogP) is 2.94. The molecular weight excluding hydrogens is 396 g/mol. The molecule has 2 aromatic rings. The first kappa shape index (κ1) is 22.4. The molecule has 0 atom stereocenters. The first-order valence-corrected chi connectivity index (χ1v) is 10.0. The smallest absolute Gasteiger partial charge is 0.267 e. The molecule has 0 saturated carbocycles. The van der Waals surface area contributed by atoms with Crippen LogP contribution in [-0.4, -0.2) is 55.2 Å². The number of morpholine rings is 1. The number of ketones is 1. The fourth-order valence-corrected chi connectivity index (χ4v) is 3.22. The molecule has 1 aliphatic heterocycles. The predicted molar refractivity (Wildman–Crippen MR) is 118 cm³/mol. The van der Waals surface area contributed by atoms with E-state index in [1.165, 1.54) is 17.6 Å². The highest BCUT2D eigenvalue weighted by Crippen LogP contribution is 2.23. The highest BCUT2D eigenvalue weighted by atomic mass is 16.5. The second kappa shape index (κ2) is 11.2. The summed E-state index contributed by atoms with van der Waals surface area (Å²) in [5, 5.41) is 8.49. The van der Waals surface area contributed by atoms with Gasteiger partial charge in [-0.1, -0.05) is 42.5 Å². The zero-order valence-corrected chi connectivity index (χ0v) is 17.4. The Morgan fingerprint density at radius 1 is 1.06 bits per heavy atom. The molecule has 2 aromatic carbocycles. The van der Waals surface area contributed by atoms with Crippen molar-refractivity contribution >= 4 is 23.8 Å². The van der Waals surface area contributed by atoms with Crippen molar-refractivity contribution in [2.75, 3.05) is 33.4 Å². The fraction of sp³-hybridized carbons (Fsp3) is 0.250. The molecule has 7 heteroatoms. The van der Waals surface area contributed by atoms with Gasteiger partial charge in [-0.15, -0.1) is 0 Å². The van der Waals surface area contributed by atoms with Gasteiger partial charge in [-0.05, 0) is 29.3 Å². The normalized spacial score (nSPS) is 14.8. The van der Waals surface area contributed by atoms with Gasteiger partial charge in [-0.3, -0.25) is 19.7 Å². The summed E-state index contributed by atoms with van der Waals surface area (Å²) in [4.78, 5) is 25.9. The number of hydrogen-bond donors (Lipinski definition) is 2. The highest BCUT2D eigenvalue weighted by molar-refractivity contribution is 6.07. The number of allylic oxidation sites excluding steroid dienone is 1. The summed E-state index contributed by atoms with van der Waals surface area (Å²) in [6, 6.07) is 12.9. The van der Waals surface area contributed by atoms with Gasteiger partial charge in [0.15, 0.2) is 5.78 Å². The van der Waals surface area contributed by atoms with E-state index >= 15 is 0 Å². The van der Waals surface area contributed by atoms with Gasteiger partial charge in [0.2, 0.25) is 0 Å². The van der Waals surface area contributed by atoms with Crippen molar-refractivity contribution < 1.29 is 24.3 Å². The monoisotopic (exact) mass is 422 g/mol. The molecular formula is C24H26N2O5. The zero-order chi connectivity index (χ0) is 22.1. The van der Waals surface area contributed by atoms with Gasteiger partial charge in [0, 0.05) is 36.8 Å². The van der Waals surface area contributed by atoms with Crippen LogP contribution in [0.4, 0.5) is 0 Å². The molecule has 162 valence electrons. The van der Waals surface area contributed by atoms with Crippen molar-refractivity contribution in [3.8, 4) is 5.75 Å². The fourth-order valence-electron chi connectivity index (χ4n) is 3.22. The third kappa shape index (κ3) is 6.62. The van der Waals surface area contributed by atoms with Crippen LogP contribution in [0.15, 0.2) is 54.6 Å². The van der Waals surface area contributed by atoms with Crippen molar-refractivity contribution in [2.24, 2.45) is 0 Å². The van der Waals surface area contributed by atoms with E-state index in [1.54, 1.807) is 25.3 Å². The summed E-state index contributed by atoms with van der Waals surface area (Å²) >= 11 is 0. The molecule has 1 amide bonds. The molecule has 0 unspecified atom stereocenters. The number of methoxy groups -OCH3 is 1. The molecule has 0 spiro atoms. The van der Waals surface area contributed by atoms with E-state index in [4.69, 9.17) is 14.7 Å². The molecule has 3 rings (SSSR count). The van der Waals surface area contributed by atoms with Gasteiger partial charge in [0.1, 0.15) is 5.75 Å². The Balaban J connectivity index is 1.64. The Kier molecular flexibility index (Phi) is 8.12. The maximum atomic E-state index is 12.6. The summed E-state index contributed by atoms with van der Waals surface area (Å²) in [7, 11) is 1.61. The van der Waals surface area contributed by atoms with E-state index in [0.717, 1.165) is 49.5 Å². The molecule has 7 nitrogen and oxygen atoms in total. The van der Waals surface area contributed by atoms with Crippen molar-refractivity contribution in [3.63, 3.8) is 0 Å². The lowest BCUT2D eigenvalue weighted by molar-refractivity contribution is -0.124. The van der Waals surface area contributed by atoms with E-state index in [9.17, 15) is 9.59 Å². The van der Waals surface area contributed by atoms with Crippen molar-refractivity contribution in [2.45, 2.75) is 6.54 Å². The second-order valence-corrected chi connectivity index (χ2v) is 7.09. The average Bonchev–Trinajstić information content (AvgIpc) is 2.82. The lowest BCUT2D eigenvalue weighted by atomic mass is 10.0. The molecule has 0 aromatic heterocycles. The Hall–Kier alpha value is -3.26. The van der Waals surface area contributed by atoms with Crippen LogP contribution in [0.5, 0.6) is 5.75 Å². The molecule has 1 heterocycles. The largest absolute Gasteiger partial charge is 0.496 e. The van der Waals surface area contributed by atoms with E-state index in [-0.39, 0.29) is 5.78 Å². The first-order chi connectivity index (χ1) is 15.1. The number of rotatable bonds is 8. The molecule has 31 heavy (non-hydrogen) atoms. The zero-order valence-electron chi connectivity index (χ0n) is 17.4. The summed E-state index contributed by atoms with van der Waals surface area (Å²) in [5.74, 6) is -0.00503. The van der Waals surface area contributed by atoms with E-state index < -0.39 is 5.91 Å². The summed E-state index contributed by atoms with van der Waals surface area (Å²) in [6.45, 7) is 4.00. The maximum Gasteiger partial charge on any atom is 0.267 e. The van der Waals surface area contributed by atoms with Crippen molar-refractivity contribution in [1.29, 1.82) is 0 Å². The molecule has 0 radical (unpaired) electrons. The lowest BCUT2D eigenvalue weighted by Crippen LogP contribution is -2.35. The van der Waals surface area contributed by atoms with E-state index in [1.807, 2.05) is 36.4 Å². The highest BCUT2D eigenvalue weighted by Gasteiger charge is 2.14. The van der Waals surface area contributed by atoms with Crippen LogP contribution in [0, 0.1) is 0 Å². The van der Waals surface area contributed by atoms with Crippen molar-refractivity contribution in [3.05, 3.63) is 76.9 Å². The molecule has 2 N–H and O–H groups in total. The number of carbonyl (C=O) groups is 2. The molecule has 1 saturated heterocycles. The van der Waals surface area contributed by atoms with Crippen LogP contribution in [0.3, 0.4) is 0 Å². The number of carbonyl (C=O) groups excluding carboxylic acids is 2. The van der Waals surface area contributed by atoms with Gasteiger partial charge in [0.05, 0.1) is 20.3 Å². The van der Waals surface area contributed by atoms with Gasteiger partial charge < -0.3 is 9.47 Å². The second-order valence-electron chi connectivity index (χ2n) is 7.09. The van der Waals surface area contributed by atoms with E-state index in [2.05, 4.69) is 4.90 Å². The molecule has 1 fully saturated rings. The number of benzene rings is 2. The quantitative estimate of drug-likeness (QED) is 0.294. The number of nitrogens with zero attached hydrogens (tertiary/aromatic N) is 1. The van der Waals surface area contributed by atoms with E-state index in [0.29, 0.717) is 11.3 Å². The Morgan fingerprint density at radius 3 is 2.32 bits per heavy atom.